The fraction of sp³-hybridized carbons (Fsp3) is 0.562. The number of benzene rings is 1. The Hall–Kier alpha value is -1.77. The molecule has 25 heavy (non-hydrogen) atoms. The van der Waals surface area contributed by atoms with Gasteiger partial charge >= 0.3 is 6.18 Å². The predicted molar refractivity (Wildman–Crippen MR) is 87.2 cm³/mol. The summed E-state index contributed by atoms with van der Waals surface area (Å²) in [5, 5.41) is 2.43. The number of hydrogen-bond acceptors (Lipinski definition) is 4. The molecule has 1 aliphatic heterocycles. The van der Waals surface area contributed by atoms with E-state index in [0.29, 0.717) is 19.4 Å². The monoisotopic (exact) mass is 379 g/mol. The summed E-state index contributed by atoms with van der Waals surface area (Å²) in [6, 6.07) is 2.90. The third-order valence-electron chi connectivity index (χ3n) is 3.84. The number of hydrogen-bond donors (Lipinski definition) is 1. The normalized spacial score (nSPS) is 19.6. The van der Waals surface area contributed by atoms with Crippen molar-refractivity contribution < 1.29 is 31.1 Å². The van der Waals surface area contributed by atoms with Crippen molar-refractivity contribution >= 4 is 21.4 Å². The first-order valence-corrected chi connectivity index (χ1v) is 9.77. The highest BCUT2D eigenvalue weighted by Gasteiger charge is 2.32. The molecule has 1 aromatic rings. The van der Waals surface area contributed by atoms with E-state index in [9.17, 15) is 26.4 Å². The van der Waals surface area contributed by atoms with Crippen molar-refractivity contribution in [3.63, 3.8) is 0 Å². The standard InChI is InChI=1S/C16H20F3NO4S/c1-2-6-24-14-4-3-12(16(17,18)19)9-13(14)20-15(21)8-11-5-7-25(22,23)10-11/h3-4,9,11H,2,5-8,10H2,1H3,(H,20,21)/t11-/m0/s1. The number of sulfone groups is 1. The SMILES string of the molecule is CCCOc1ccc(C(F)(F)F)cc1NC(=O)C[C@@H]1CCS(=O)(=O)C1. The molecule has 0 unspecified atom stereocenters. The first-order chi connectivity index (χ1) is 11.6. The van der Waals surface area contributed by atoms with Gasteiger partial charge in [-0.2, -0.15) is 13.2 Å². The minimum Gasteiger partial charge on any atom is -0.491 e. The van der Waals surface area contributed by atoms with Crippen LogP contribution in [-0.4, -0.2) is 32.4 Å². The predicted octanol–water partition coefficient (Wildman–Crippen LogP) is 3.26. The molecular weight excluding hydrogens is 359 g/mol. The van der Waals surface area contributed by atoms with Crippen LogP contribution in [0.5, 0.6) is 5.75 Å². The first kappa shape index (κ1) is 19.6. The Morgan fingerprint density at radius 3 is 2.64 bits per heavy atom. The summed E-state index contributed by atoms with van der Waals surface area (Å²) in [5.74, 6) is -0.706. The minimum absolute atomic E-state index is 0.0410. The molecule has 0 aliphatic carbocycles. The summed E-state index contributed by atoms with van der Waals surface area (Å²) in [6.45, 7) is 2.15. The van der Waals surface area contributed by atoms with Crippen molar-refractivity contribution in [2.45, 2.75) is 32.4 Å². The molecule has 1 aliphatic rings. The van der Waals surface area contributed by atoms with Crippen molar-refractivity contribution in [3.8, 4) is 5.75 Å². The summed E-state index contributed by atoms with van der Waals surface area (Å²) >= 11 is 0. The zero-order valence-corrected chi connectivity index (χ0v) is 14.5. The molecule has 140 valence electrons. The first-order valence-electron chi connectivity index (χ1n) is 7.95. The second-order valence-electron chi connectivity index (χ2n) is 6.08. The number of amides is 1. The van der Waals surface area contributed by atoms with Gasteiger partial charge in [0.05, 0.1) is 29.4 Å². The molecule has 2 rings (SSSR count). The lowest BCUT2D eigenvalue weighted by atomic mass is 10.0. The molecule has 1 amide bonds. The Balaban J connectivity index is 2.13. The van der Waals surface area contributed by atoms with E-state index in [-0.39, 0.29) is 35.3 Å². The Kier molecular flexibility index (Phi) is 5.97. The van der Waals surface area contributed by atoms with Gasteiger partial charge in [0, 0.05) is 6.42 Å². The third kappa shape index (κ3) is 5.62. The smallest absolute Gasteiger partial charge is 0.416 e. The highest BCUT2D eigenvalue weighted by molar-refractivity contribution is 7.91. The number of halogens is 3. The molecule has 1 aromatic carbocycles. The lowest BCUT2D eigenvalue weighted by molar-refractivity contribution is -0.137. The average molecular weight is 379 g/mol. The number of alkyl halides is 3. The van der Waals surface area contributed by atoms with Crippen molar-refractivity contribution in [1.82, 2.24) is 0 Å². The van der Waals surface area contributed by atoms with Gasteiger partial charge in [0.1, 0.15) is 5.75 Å². The van der Waals surface area contributed by atoms with Gasteiger partial charge in [0.2, 0.25) is 5.91 Å². The van der Waals surface area contributed by atoms with E-state index >= 15 is 0 Å². The van der Waals surface area contributed by atoms with Crippen LogP contribution in [0.15, 0.2) is 18.2 Å². The van der Waals surface area contributed by atoms with Crippen LogP contribution in [0, 0.1) is 5.92 Å². The van der Waals surface area contributed by atoms with Crippen LogP contribution in [-0.2, 0) is 20.8 Å². The molecule has 1 heterocycles. The topological polar surface area (TPSA) is 72.5 Å². The van der Waals surface area contributed by atoms with Gasteiger partial charge in [-0.15, -0.1) is 0 Å². The van der Waals surface area contributed by atoms with Gasteiger partial charge in [-0.05, 0) is 37.0 Å². The molecular formula is C16H20F3NO4S. The third-order valence-corrected chi connectivity index (χ3v) is 5.68. The maximum Gasteiger partial charge on any atom is 0.416 e. The molecule has 9 heteroatoms. The molecule has 0 aromatic heterocycles. The van der Waals surface area contributed by atoms with Gasteiger partial charge in [-0.1, -0.05) is 6.92 Å². The largest absolute Gasteiger partial charge is 0.491 e. The fourth-order valence-corrected chi connectivity index (χ4v) is 4.50. The molecule has 1 atom stereocenters. The summed E-state index contributed by atoms with van der Waals surface area (Å²) < 4.78 is 66.9. The van der Waals surface area contributed by atoms with Crippen molar-refractivity contribution in [1.29, 1.82) is 0 Å². The van der Waals surface area contributed by atoms with E-state index < -0.39 is 27.5 Å². The summed E-state index contributed by atoms with van der Waals surface area (Å²) in [5.41, 5.74) is -0.954. The van der Waals surface area contributed by atoms with Crippen LogP contribution in [0.1, 0.15) is 31.7 Å². The van der Waals surface area contributed by atoms with Crippen LogP contribution < -0.4 is 10.1 Å². The summed E-state index contributed by atoms with van der Waals surface area (Å²) in [4.78, 5) is 12.1. The Morgan fingerprint density at radius 1 is 1.36 bits per heavy atom. The number of rotatable bonds is 6. The number of ether oxygens (including phenoxy) is 1. The van der Waals surface area contributed by atoms with E-state index in [1.165, 1.54) is 6.07 Å². The van der Waals surface area contributed by atoms with E-state index in [1.807, 2.05) is 6.92 Å². The summed E-state index contributed by atoms with van der Waals surface area (Å²) in [7, 11) is -3.11. The molecule has 1 saturated heterocycles. The van der Waals surface area contributed by atoms with E-state index in [0.717, 1.165) is 12.1 Å². The van der Waals surface area contributed by atoms with Crippen LogP contribution in [0.4, 0.5) is 18.9 Å². The Morgan fingerprint density at radius 2 is 2.08 bits per heavy atom. The van der Waals surface area contributed by atoms with Gasteiger partial charge in [-0.3, -0.25) is 4.79 Å². The molecule has 5 nitrogen and oxygen atoms in total. The Labute approximate surface area is 144 Å². The lowest BCUT2D eigenvalue weighted by Gasteiger charge is -2.16. The molecule has 0 radical (unpaired) electrons. The van der Waals surface area contributed by atoms with Crippen molar-refractivity contribution in [2.24, 2.45) is 5.92 Å². The van der Waals surface area contributed by atoms with E-state index in [1.54, 1.807) is 0 Å². The fourth-order valence-electron chi connectivity index (χ4n) is 2.64. The van der Waals surface area contributed by atoms with Crippen LogP contribution >= 0.6 is 0 Å². The number of anilines is 1. The van der Waals surface area contributed by atoms with E-state index in [4.69, 9.17) is 4.74 Å². The number of nitrogens with one attached hydrogen (secondary N) is 1. The van der Waals surface area contributed by atoms with Crippen LogP contribution in [0.3, 0.4) is 0 Å². The molecule has 0 saturated carbocycles. The van der Waals surface area contributed by atoms with Gasteiger partial charge < -0.3 is 10.1 Å². The maximum absolute atomic E-state index is 12.9. The van der Waals surface area contributed by atoms with Gasteiger partial charge in [-0.25, -0.2) is 8.42 Å². The summed E-state index contributed by atoms with van der Waals surface area (Å²) in [6.07, 6.45) is -3.54. The number of carbonyl (C=O) groups is 1. The highest BCUT2D eigenvalue weighted by Crippen LogP contribution is 2.35. The number of carbonyl (C=O) groups excluding carboxylic acids is 1. The van der Waals surface area contributed by atoms with Crippen LogP contribution in [0.25, 0.3) is 0 Å². The van der Waals surface area contributed by atoms with Crippen molar-refractivity contribution in [3.05, 3.63) is 23.8 Å². The minimum atomic E-state index is -4.54. The molecule has 0 spiro atoms. The second-order valence-corrected chi connectivity index (χ2v) is 8.31. The maximum atomic E-state index is 12.9. The molecule has 1 N–H and O–H groups in total. The van der Waals surface area contributed by atoms with Crippen LogP contribution in [0.2, 0.25) is 0 Å². The highest BCUT2D eigenvalue weighted by atomic mass is 32.2. The zero-order chi connectivity index (χ0) is 18.7. The lowest BCUT2D eigenvalue weighted by Crippen LogP contribution is -2.18. The average Bonchev–Trinajstić information content (AvgIpc) is 2.83. The zero-order valence-electron chi connectivity index (χ0n) is 13.7. The van der Waals surface area contributed by atoms with Crippen molar-refractivity contribution in [2.75, 3.05) is 23.4 Å². The molecule has 0 bridgehead atoms. The Bertz CT molecular complexity index is 731. The quantitative estimate of drug-likeness (QED) is 0.824. The van der Waals surface area contributed by atoms with Gasteiger partial charge in [0.25, 0.3) is 0 Å². The van der Waals surface area contributed by atoms with E-state index in [2.05, 4.69) is 5.32 Å². The van der Waals surface area contributed by atoms with Gasteiger partial charge in [0.15, 0.2) is 9.84 Å². The second kappa shape index (κ2) is 7.63. The molecule has 1 fully saturated rings.